The molecule has 0 aliphatic heterocycles. The third kappa shape index (κ3) is 6.72. The summed E-state index contributed by atoms with van der Waals surface area (Å²) >= 11 is 3.51. The number of carbonyl (C=O) groups is 1. The lowest BCUT2D eigenvalue weighted by Gasteiger charge is -2.16. The number of carbonyl (C=O) groups excluding carboxylic acids is 1. The lowest BCUT2D eigenvalue weighted by atomic mass is 10.2. The van der Waals surface area contributed by atoms with Crippen molar-refractivity contribution in [3.8, 4) is 11.5 Å². The van der Waals surface area contributed by atoms with Gasteiger partial charge in [0.15, 0.2) is 18.1 Å². The molecule has 31 heavy (non-hydrogen) atoms. The molecule has 7 heteroatoms. The zero-order valence-electron chi connectivity index (χ0n) is 17.4. The van der Waals surface area contributed by atoms with Crippen LogP contribution >= 0.6 is 15.9 Å². The largest absolute Gasteiger partial charge is 0.490 e. The van der Waals surface area contributed by atoms with E-state index in [2.05, 4.69) is 26.6 Å². The smallest absolute Gasteiger partial charge is 0.262 e. The van der Waals surface area contributed by atoms with E-state index in [1.54, 1.807) is 12.1 Å². The number of aryl methyl sites for hydroxylation is 1. The molecule has 0 radical (unpaired) electrons. The van der Waals surface area contributed by atoms with E-state index in [1.165, 1.54) is 12.1 Å². The molecule has 162 valence electrons. The summed E-state index contributed by atoms with van der Waals surface area (Å²) in [5.74, 6) is 0.461. The maximum Gasteiger partial charge on any atom is 0.262 e. The lowest BCUT2D eigenvalue weighted by molar-refractivity contribution is -0.118. The Balaban J connectivity index is 1.65. The van der Waals surface area contributed by atoms with Crippen molar-refractivity contribution < 1.29 is 18.7 Å². The average molecular weight is 487 g/mol. The molecule has 2 N–H and O–H groups in total. The number of hydrogen-bond donors (Lipinski definition) is 2. The molecule has 0 bridgehead atoms. The van der Waals surface area contributed by atoms with E-state index in [-0.39, 0.29) is 18.3 Å². The highest BCUT2D eigenvalue weighted by Gasteiger charge is 2.14. The highest BCUT2D eigenvalue weighted by Crippen LogP contribution is 2.37. The van der Waals surface area contributed by atoms with E-state index < -0.39 is 0 Å². The normalized spacial score (nSPS) is 10.5. The van der Waals surface area contributed by atoms with Crippen LogP contribution in [0.3, 0.4) is 0 Å². The van der Waals surface area contributed by atoms with Crippen molar-refractivity contribution in [2.75, 3.05) is 23.8 Å². The average Bonchev–Trinajstić information content (AvgIpc) is 2.74. The van der Waals surface area contributed by atoms with Gasteiger partial charge in [-0.1, -0.05) is 17.7 Å². The molecular formula is C24H24BrFN2O3. The Bertz CT molecular complexity index is 1020. The van der Waals surface area contributed by atoms with Gasteiger partial charge < -0.3 is 20.1 Å². The van der Waals surface area contributed by atoms with E-state index in [0.29, 0.717) is 34.8 Å². The predicted molar refractivity (Wildman–Crippen MR) is 124 cm³/mol. The molecule has 0 spiro atoms. The second kappa shape index (κ2) is 10.8. The molecule has 0 aliphatic carbocycles. The fraction of sp³-hybridized carbons (Fsp3) is 0.208. The third-order valence-corrected chi connectivity index (χ3v) is 4.98. The Kier molecular flexibility index (Phi) is 7.89. The highest BCUT2D eigenvalue weighted by molar-refractivity contribution is 9.10. The minimum absolute atomic E-state index is 0.153. The first kappa shape index (κ1) is 22.6. The molecule has 0 saturated carbocycles. The van der Waals surface area contributed by atoms with Gasteiger partial charge in [0.25, 0.3) is 5.91 Å². The number of hydrogen-bond acceptors (Lipinski definition) is 4. The van der Waals surface area contributed by atoms with Gasteiger partial charge in [-0.2, -0.15) is 0 Å². The zero-order valence-corrected chi connectivity index (χ0v) is 19.0. The number of ether oxygens (including phenoxy) is 2. The minimum atomic E-state index is -0.278. The number of nitrogens with one attached hydrogen (secondary N) is 2. The molecule has 5 nitrogen and oxygen atoms in total. The molecule has 1 amide bonds. The number of benzene rings is 3. The van der Waals surface area contributed by atoms with E-state index in [4.69, 9.17) is 9.47 Å². The summed E-state index contributed by atoms with van der Waals surface area (Å²) in [6, 6.07) is 17.5. The molecule has 0 unspecified atom stereocenters. The van der Waals surface area contributed by atoms with Crippen molar-refractivity contribution >= 4 is 33.2 Å². The van der Waals surface area contributed by atoms with Crippen molar-refractivity contribution in [2.24, 2.45) is 0 Å². The molecule has 0 atom stereocenters. The lowest BCUT2D eigenvalue weighted by Crippen LogP contribution is -2.20. The maximum absolute atomic E-state index is 13.1. The molecule has 0 fully saturated rings. The summed E-state index contributed by atoms with van der Waals surface area (Å²) in [6.07, 6.45) is 0. The second-order valence-corrected chi connectivity index (χ2v) is 7.76. The maximum atomic E-state index is 13.1. The van der Waals surface area contributed by atoms with Crippen molar-refractivity contribution in [2.45, 2.75) is 20.4 Å². The van der Waals surface area contributed by atoms with Crippen LogP contribution in [0.15, 0.2) is 65.1 Å². The van der Waals surface area contributed by atoms with Gasteiger partial charge in [-0.05, 0) is 83.9 Å². The Hall–Kier alpha value is -3.06. The van der Waals surface area contributed by atoms with Crippen LogP contribution < -0.4 is 20.1 Å². The van der Waals surface area contributed by atoms with Gasteiger partial charge in [0.05, 0.1) is 11.1 Å². The van der Waals surface area contributed by atoms with Crippen LogP contribution in [-0.4, -0.2) is 19.1 Å². The molecule has 0 heterocycles. The summed E-state index contributed by atoms with van der Waals surface area (Å²) in [5.41, 5.74) is 3.58. The first-order chi connectivity index (χ1) is 14.9. The molecule has 0 saturated heterocycles. The number of amides is 1. The molecular weight excluding hydrogens is 463 g/mol. The molecule has 3 aromatic rings. The second-order valence-electron chi connectivity index (χ2n) is 6.90. The topological polar surface area (TPSA) is 59.6 Å². The van der Waals surface area contributed by atoms with E-state index in [0.717, 1.165) is 16.8 Å². The van der Waals surface area contributed by atoms with Crippen LogP contribution in [0.4, 0.5) is 15.8 Å². The fourth-order valence-electron chi connectivity index (χ4n) is 2.87. The summed E-state index contributed by atoms with van der Waals surface area (Å²) in [4.78, 5) is 12.3. The van der Waals surface area contributed by atoms with Gasteiger partial charge in [0.1, 0.15) is 5.82 Å². The van der Waals surface area contributed by atoms with E-state index in [1.807, 2.05) is 50.2 Å². The Morgan fingerprint density at radius 3 is 2.35 bits per heavy atom. The van der Waals surface area contributed by atoms with Crippen LogP contribution in [0.5, 0.6) is 11.5 Å². The Morgan fingerprint density at radius 2 is 1.68 bits per heavy atom. The van der Waals surface area contributed by atoms with E-state index >= 15 is 0 Å². The van der Waals surface area contributed by atoms with Crippen molar-refractivity contribution in [1.82, 2.24) is 0 Å². The van der Waals surface area contributed by atoms with Crippen molar-refractivity contribution in [3.63, 3.8) is 0 Å². The van der Waals surface area contributed by atoms with Crippen LogP contribution in [0.25, 0.3) is 0 Å². The first-order valence-corrected chi connectivity index (χ1v) is 10.7. The summed E-state index contributed by atoms with van der Waals surface area (Å²) in [7, 11) is 0. The van der Waals surface area contributed by atoms with Crippen LogP contribution in [0.2, 0.25) is 0 Å². The monoisotopic (exact) mass is 486 g/mol. The van der Waals surface area contributed by atoms with Gasteiger partial charge >= 0.3 is 0 Å². The van der Waals surface area contributed by atoms with Gasteiger partial charge in [0, 0.05) is 17.9 Å². The van der Waals surface area contributed by atoms with Crippen molar-refractivity contribution in [1.29, 1.82) is 0 Å². The van der Waals surface area contributed by atoms with Gasteiger partial charge in [0.2, 0.25) is 0 Å². The summed E-state index contributed by atoms with van der Waals surface area (Å²) < 4.78 is 25.2. The van der Waals surface area contributed by atoms with E-state index in [9.17, 15) is 9.18 Å². The van der Waals surface area contributed by atoms with Gasteiger partial charge in [-0.3, -0.25) is 4.79 Å². The van der Waals surface area contributed by atoms with Crippen molar-refractivity contribution in [3.05, 3.63) is 82.1 Å². The minimum Gasteiger partial charge on any atom is -0.490 e. The first-order valence-electron chi connectivity index (χ1n) is 9.88. The standard InChI is InChI=1S/C24H24BrFN2O3/c1-3-30-22-13-17(14-27-19-10-6-18(26)7-11-19)12-21(25)24(22)31-15-23(29)28-20-8-4-16(2)5-9-20/h4-13,27H,3,14-15H2,1-2H3,(H,28,29). The molecule has 3 rings (SSSR count). The fourth-order valence-corrected chi connectivity index (χ4v) is 3.47. The van der Waals surface area contributed by atoms with Crippen LogP contribution in [-0.2, 0) is 11.3 Å². The van der Waals surface area contributed by atoms with Gasteiger partial charge in [-0.15, -0.1) is 0 Å². The third-order valence-electron chi connectivity index (χ3n) is 4.39. The van der Waals surface area contributed by atoms with Crippen LogP contribution in [0, 0.1) is 12.7 Å². The highest BCUT2D eigenvalue weighted by atomic mass is 79.9. The van der Waals surface area contributed by atoms with Gasteiger partial charge in [-0.25, -0.2) is 4.39 Å². The summed E-state index contributed by atoms with van der Waals surface area (Å²) in [6.45, 7) is 4.68. The zero-order chi connectivity index (χ0) is 22.2. The number of rotatable bonds is 9. The van der Waals surface area contributed by atoms with Crippen LogP contribution in [0.1, 0.15) is 18.1 Å². The quantitative estimate of drug-likeness (QED) is 0.393. The Labute approximate surface area is 189 Å². The summed E-state index contributed by atoms with van der Waals surface area (Å²) in [5, 5.41) is 6.04. The predicted octanol–water partition coefficient (Wildman–Crippen LogP) is 5.92. The Morgan fingerprint density at radius 1 is 1.00 bits per heavy atom. The molecule has 0 aromatic heterocycles. The molecule has 3 aromatic carbocycles. The number of anilines is 2. The SMILES string of the molecule is CCOc1cc(CNc2ccc(F)cc2)cc(Br)c1OCC(=O)Nc1ccc(C)cc1. The molecule has 0 aliphatic rings. The number of halogens is 2.